The molecule has 6 heteroatoms. The zero-order valence-corrected chi connectivity index (χ0v) is 12.2. The lowest BCUT2D eigenvalue weighted by molar-refractivity contribution is -0.137. The molecule has 1 N–H and O–H groups in total. The van der Waals surface area contributed by atoms with Gasteiger partial charge in [0.15, 0.2) is 5.13 Å². The van der Waals surface area contributed by atoms with Crippen molar-refractivity contribution < 1.29 is 13.2 Å². The molecule has 2 nitrogen and oxygen atoms in total. The number of benzene rings is 1. The molecule has 2 aromatic rings. The molecule has 0 unspecified atom stereocenters. The third-order valence-electron chi connectivity index (χ3n) is 2.49. The topological polar surface area (TPSA) is 24.9 Å². The van der Waals surface area contributed by atoms with Crippen LogP contribution in [0.15, 0.2) is 29.6 Å². The van der Waals surface area contributed by atoms with E-state index in [0.717, 1.165) is 17.3 Å². The van der Waals surface area contributed by atoms with E-state index in [2.05, 4.69) is 10.3 Å². The summed E-state index contributed by atoms with van der Waals surface area (Å²) in [7, 11) is 0. The maximum Gasteiger partial charge on any atom is 0.416 e. The molecule has 1 heterocycles. The van der Waals surface area contributed by atoms with Crippen LogP contribution in [0.3, 0.4) is 0 Å². The van der Waals surface area contributed by atoms with Crippen LogP contribution < -0.4 is 5.32 Å². The molecule has 108 valence electrons. The Kier molecular flexibility index (Phi) is 3.77. The van der Waals surface area contributed by atoms with Crippen molar-refractivity contribution in [2.24, 2.45) is 0 Å². The summed E-state index contributed by atoms with van der Waals surface area (Å²) in [5, 5.41) is 5.82. The Morgan fingerprint density at radius 3 is 2.15 bits per heavy atom. The summed E-state index contributed by atoms with van der Waals surface area (Å²) in [5.41, 5.74) is 0.603. The van der Waals surface area contributed by atoms with Crippen LogP contribution in [0.5, 0.6) is 0 Å². The highest BCUT2D eigenvalue weighted by atomic mass is 32.1. The van der Waals surface area contributed by atoms with Crippen LogP contribution >= 0.6 is 11.3 Å². The van der Waals surface area contributed by atoms with Crippen LogP contribution in [0.25, 0.3) is 11.3 Å². The number of hydrogen-bond acceptors (Lipinski definition) is 3. The van der Waals surface area contributed by atoms with Gasteiger partial charge in [0, 0.05) is 16.5 Å². The number of hydrogen-bond donors (Lipinski definition) is 1. The third-order valence-corrected chi connectivity index (χ3v) is 3.25. The van der Waals surface area contributed by atoms with Gasteiger partial charge in [0.2, 0.25) is 0 Å². The summed E-state index contributed by atoms with van der Waals surface area (Å²) in [6.45, 7) is 6.06. The van der Waals surface area contributed by atoms with Gasteiger partial charge >= 0.3 is 6.18 Å². The number of nitrogens with zero attached hydrogens (tertiary/aromatic N) is 1. The van der Waals surface area contributed by atoms with Crippen LogP contribution in [0.1, 0.15) is 26.3 Å². The van der Waals surface area contributed by atoms with E-state index in [1.165, 1.54) is 23.5 Å². The first kappa shape index (κ1) is 14.8. The smallest absolute Gasteiger partial charge is 0.357 e. The summed E-state index contributed by atoms with van der Waals surface area (Å²) in [5.74, 6) is 0. The predicted octanol–water partition coefficient (Wildman–Crippen LogP) is 5.04. The van der Waals surface area contributed by atoms with Gasteiger partial charge in [-0.1, -0.05) is 12.1 Å². The van der Waals surface area contributed by atoms with E-state index in [1.54, 1.807) is 0 Å². The Balaban J connectivity index is 2.20. The van der Waals surface area contributed by atoms with Gasteiger partial charge in [-0.05, 0) is 32.9 Å². The van der Waals surface area contributed by atoms with Crippen molar-refractivity contribution in [2.45, 2.75) is 32.5 Å². The highest BCUT2D eigenvalue weighted by molar-refractivity contribution is 7.14. The molecular formula is C14H15F3N2S. The van der Waals surface area contributed by atoms with Crippen molar-refractivity contribution in [1.82, 2.24) is 4.98 Å². The number of nitrogens with one attached hydrogen (secondary N) is 1. The molecule has 0 amide bonds. The van der Waals surface area contributed by atoms with Gasteiger partial charge in [-0.15, -0.1) is 11.3 Å². The number of aromatic nitrogens is 1. The zero-order valence-electron chi connectivity index (χ0n) is 11.4. The van der Waals surface area contributed by atoms with Crippen LogP contribution in [0.4, 0.5) is 18.3 Å². The molecule has 0 spiro atoms. The van der Waals surface area contributed by atoms with E-state index in [-0.39, 0.29) is 5.54 Å². The van der Waals surface area contributed by atoms with Crippen molar-refractivity contribution in [3.8, 4) is 11.3 Å². The van der Waals surface area contributed by atoms with Gasteiger partial charge in [0.1, 0.15) is 0 Å². The van der Waals surface area contributed by atoms with E-state index < -0.39 is 11.7 Å². The molecule has 1 aromatic carbocycles. The lowest BCUT2D eigenvalue weighted by Gasteiger charge is -2.19. The Morgan fingerprint density at radius 1 is 1.05 bits per heavy atom. The second kappa shape index (κ2) is 5.09. The third kappa shape index (κ3) is 3.72. The second-order valence-corrected chi connectivity index (χ2v) is 6.35. The minimum absolute atomic E-state index is 0.102. The Labute approximate surface area is 119 Å². The average molecular weight is 300 g/mol. The van der Waals surface area contributed by atoms with Gasteiger partial charge in [-0.25, -0.2) is 4.98 Å². The van der Waals surface area contributed by atoms with Crippen molar-refractivity contribution in [3.05, 3.63) is 35.2 Å². The predicted molar refractivity (Wildman–Crippen MR) is 75.9 cm³/mol. The summed E-state index contributed by atoms with van der Waals surface area (Å²) in [6.07, 6.45) is -4.31. The Bertz CT molecular complexity index is 580. The van der Waals surface area contributed by atoms with Gasteiger partial charge in [0.25, 0.3) is 0 Å². The molecule has 20 heavy (non-hydrogen) atoms. The first-order chi connectivity index (χ1) is 9.15. The Morgan fingerprint density at radius 2 is 1.65 bits per heavy atom. The fourth-order valence-corrected chi connectivity index (χ4v) is 2.54. The molecule has 0 saturated carbocycles. The normalized spacial score (nSPS) is 12.5. The van der Waals surface area contributed by atoms with Gasteiger partial charge in [-0.2, -0.15) is 13.2 Å². The maximum absolute atomic E-state index is 12.5. The molecule has 0 radical (unpaired) electrons. The van der Waals surface area contributed by atoms with Crippen molar-refractivity contribution in [1.29, 1.82) is 0 Å². The standard InChI is InChI=1S/C14H15F3N2S/c1-13(2,3)19-12-18-11(8-20-12)9-4-6-10(7-5-9)14(15,16)17/h4-8H,1-3H3,(H,18,19). The van der Waals surface area contributed by atoms with E-state index >= 15 is 0 Å². The number of halogens is 3. The van der Waals surface area contributed by atoms with Crippen LogP contribution in [0, 0.1) is 0 Å². The number of anilines is 1. The summed E-state index contributed by atoms with van der Waals surface area (Å²) < 4.78 is 37.5. The first-order valence-corrected chi connectivity index (χ1v) is 6.94. The summed E-state index contributed by atoms with van der Waals surface area (Å²) >= 11 is 1.44. The molecule has 0 bridgehead atoms. The van der Waals surface area contributed by atoms with E-state index in [1.807, 2.05) is 26.2 Å². The van der Waals surface area contributed by atoms with E-state index in [0.29, 0.717) is 11.3 Å². The lowest BCUT2D eigenvalue weighted by Crippen LogP contribution is -2.25. The van der Waals surface area contributed by atoms with Gasteiger partial charge < -0.3 is 5.32 Å². The van der Waals surface area contributed by atoms with Crippen LogP contribution in [-0.2, 0) is 6.18 Å². The minimum atomic E-state index is -4.31. The minimum Gasteiger partial charge on any atom is -0.357 e. The van der Waals surface area contributed by atoms with Gasteiger partial charge in [-0.3, -0.25) is 0 Å². The van der Waals surface area contributed by atoms with Crippen molar-refractivity contribution >= 4 is 16.5 Å². The van der Waals surface area contributed by atoms with Crippen molar-refractivity contribution in [3.63, 3.8) is 0 Å². The van der Waals surface area contributed by atoms with E-state index in [4.69, 9.17) is 0 Å². The highest BCUT2D eigenvalue weighted by Crippen LogP contribution is 2.32. The number of alkyl halides is 3. The fourth-order valence-electron chi connectivity index (χ4n) is 1.61. The average Bonchev–Trinajstić information content (AvgIpc) is 2.74. The molecule has 0 fully saturated rings. The fraction of sp³-hybridized carbons (Fsp3) is 0.357. The van der Waals surface area contributed by atoms with Gasteiger partial charge in [0.05, 0.1) is 11.3 Å². The molecular weight excluding hydrogens is 285 g/mol. The monoisotopic (exact) mass is 300 g/mol. The van der Waals surface area contributed by atoms with Crippen LogP contribution in [-0.4, -0.2) is 10.5 Å². The number of rotatable bonds is 2. The zero-order chi connectivity index (χ0) is 15.0. The molecule has 0 aliphatic rings. The molecule has 0 atom stereocenters. The summed E-state index contributed by atoms with van der Waals surface area (Å²) in [6, 6.07) is 5.04. The molecule has 1 aromatic heterocycles. The summed E-state index contributed by atoms with van der Waals surface area (Å²) in [4.78, 5) is 4.38. The molecule has 0 saturated heterocycles. The second-order valence-electron chi connectivity index (χ2n) is 5.49. The largest absolute Gasteiger partial charge is 0.416 e. The lowest BCUT2D eigenvalue weighted by atomic mass is 10.1. The highest BCUT2D eigenvalue weighted by Gasteiger charge is 2.30. The Hall–Kier alpha value is -1.56. The van der Waals surface area contributed by atoms with E-state index in [9.17, 15) is 13.2 Å². The first-order valence-electron chi connectivity index (χ1n) is 6.06. The maximum atomic E-state index is 12.5. The molecule has 2 rings (SSSR count). The number of thiazole rings is 1. The quantitative estimate of drug-likeness (QED) is 0.840. The van der Waals surface area contributed by atoms with Crippen molar-refractivity contribution in [2.75, 3.05) is 5.32 Å². The molecule has 0 aliphatic heterocycles. The molecule has 0 aliphatic carbocycles. The van der Waals surface area contributed by atoms with Crippen LogP contribution in [0.2, 0.25) is 0 Å². The SMILES string of the molecule is CC(C)(C)Nc1nc(-c2ccc(C(F)(F)F)cc2)cs1.